The molecule has 0 aliphatic carbocycles. The van der Waals surface area contributed by atoms with Crippen LogP contribution in [0.15, 0.2) is 54.6 Å². The first-order valence-electron chi connectivity index (χ1n) is 9.68. The van der Waals surface area contributed by atoms with Gasteiger partial charge in [-0.1, -0.05) is 73.5 Å². The first-order valence-corrected chi connectivity index (χ1v) is 9.68. The number of unbranched alkanes of at least 4 members (excludes halogenated alkanes) is 1. The Balaban J connectivity index is 2.14. The lowest BCUT2D eigenvalue weighted by Crippen LogP contribution is -2.48. The lowest BCUT2D eigenvalue weighted by atomic mass is 10.1. The van der Waals surface area contributed by atoms with Crippen LogP contribution in [0.25, 0.3) is 0 Å². The Morgan fingerprint density at radius 2 is 1.67 bits per heavy atom. The maximum absolute atomic E-state index is 13.0. The molecule has 4 heteroatoms. The molecule has 1 unspecified atom stereocenters. The van der Waals surface area contributed by atoms with E-state index in [-0.39, 0.29) is 11.8 Å². The fourth-order valence-corrected chi connectivity index (χ4v) is 2.88. The number of carbonyl (C=O) groups excluding carboxylic acids is 2. The Morgan fingerprint density at radius 3 is 2.30 bits per heavy atom. The van der Waals surface area contributed by atoms with E-state index in [1.807, 2.05) is 61.5 Å². The number of carbonyl (C=O) groups is 2. The van der Waals surface area contributed by atoms with E-state index in [1.54, 1.807) is 11.8 Å². The van der Waals surface area contributed by atoms with E-state index in [1.165, 1.54) is 5.56 Å². The monoisotopic (exact) mass is 366 g/mol. The standard InChI is InChI=1S/C23H30N2O2/c1-4-5-15-24-23(27)19(3)25(17-21-13-11-18(2)12-14-21)22(26)16-20-9-7-6-8-10-20/h6-14,19H,4-5,15-17H2,1-3H3,(H,24,27). The van der Waals surface area contributed by atoms with E-state index in [0.717, 1.165) is 24.0 Å². The normalized spacial score (nSPS) is 11.7. The van der Waals surface area contributed by atoms with E-state index in [9.17, 15) is 9.59 Å². The Morgan fingerprint density at radius 1 is 1.00 bits per heavy atom. The van der Waals surface area contributed by atoms with E-state index >= 15 is 0 Å². The minimum atomic E-state index is -0.514. The highest BCUT2D eigenvalue weighted by atomic mass is 16.2. The summed E-state index contributed by atoms with van der Waals surface area (Å²) in [7, 11) is 0. The molecule has 0 heterocycles. The second-order valence-electron chi connectivity index (χ2n) is 6.99. The van der Waals surface area contributed by atoms with Gasteiger partial charge in [-0.3, -0.25) is 9.59 Å². The summed E-state index contributed by atoms with van der Waals surface area (Å²) >= 11 is 0. The fraction of sp³-hybridized carbons (Fsp3) is 0.391. The van der Waals surface area contributed by atoms with Gasteiger partial charge in [0.15, 0.2) is 0 Å². The van der Waals surface area contributed by atoms with Crippen molar-refractivity contribution in [3.63, 3.8) is 0 Å². The van der Waals surface area contributed by atoms with Gasteiger partial charge >= 0.3 is 0 Å². The largest absolute Gasteiger partial charge is 0.354 e. The maximum Gasteiger partial charge on any atom is 0.242 e. The van der Waals surface area contributed by atoms with Crippen molar-refractivity contribution in [2.75, 3.05) is 6.54 Å². The molecule has 144 valence electrons. The van der Waals surface area contributed by atoms with Gasteiger partial charge in [-0.2, -0.15) is 0 Å². The molecule has 2 amide bonds. The van der Waals surface area contributed by atoms with Gasteiger partial charge in [-0.05, 0) is 31.4 Å². The topological polar surface area (TPSA) is 49.4 Å². The molecule has 2 aromatic carbocycles. The molecule has 0 aliphatic heterocycles. The van der Waals surface area contributed by atoms with Crippen LogP contribution in [-0.2, 0) is 22.6 Å². The molecule has 1 N–H and O–H groups in total. The molecule has 4 nitrogen and oxygen atoms in total. The molecule has 0 spiro atoms. The van der Waals surface area contributed by atoms with E-state index in [2.05, 4.69) is 12.2 Å². The predicted molar refractivity (Wildman–Crippen MR) is 109 cm³/mol. The zero-order valence-corrected chi connectivity index (χ0v) is 16.6. The summed E-state index contributed by atoms with van der Waals surface area (Å²) in [6.07, 6.45) is 2.25. The smallest absolute Gasteiger partial charge is 0.242 e. The van der Waals surface area contributed by atoms with Crippen LogP contribution in [0.1, 0.15) is 43.4 Å². The number of hydrogen-bond donors (Lipinski definition) is 1. The number of nitrogens with zero attached hydrogens (tertiary/aromatic N) is 1. The first-order chi connectivity index (χ1) is 13.0. The highest BCUT2D eigenvalue weighted by Crippen LogP contribution is 2.13. The van der Waals surface area contributed by atoms with Gasteiger partial charge in [0.05, 0.1) is 6.42 Å². The molecule has 0 bridgehead atoms. The second-order valence-corrected chi connectivity index (χ2v) is 6.99. The summed E-state index contributed by atoms with van der Waals surface area (Å²) in [6, 6.07) is 17.2. The van der Waals surface area contributed by atoms with Crippen molar-refractivity contribution in [1.29, 1.82) is 0 Å². The molecule has 1 atom stereocenters. The van der Waals surface area contributed by atoms with Crippen molar-refractivity contribution in [3.05, 3.63) is 71.3 Å². The van der Waals surface area contributed by atoms with Gasteiger partial charge in [-0.25, -0.2) is 0 Å². The predicted octanol–water partition coefficient (Wildman–Crippen LogP) is 3.87. The molecule has 2 rings (SSSR count). The van der Waals surface area contributed by atoms with Crippen LogP contribution in [0.5, 0.6) is 0 Å². The molecule has 0 aromatic heterocycles. The van der Waals surface area contributed by atoms with Crippen molar-refractivity contribution in [3.8, 4) is 0 Å². The molecule has 0 radical (unpaired) electrons. The van der Waals surface area contributed by atoms with Gasteiger partial charge in [0, 0.05) is 13.1 Å². The molecule has 0 saturated heterocycles. The Bertz CT molecular complexity index is 726. The average molecular weight is 367 g/mol. The maximum atomic E-state index is 13.0. The number of aryl methyl sites for hydroxylation is 1. The Kier molecular flexibility index (Phi) is 8.05. The van der Waals surface area contributed by atoms with Crippen LogP contribution in [0.4, 0.5) is 0 Å². The van der Waals surface area contributed by atoms with Gasteiger partial charge in [-0.15, -0.1) is 0 Å². The summed E-state index contributed by atoms with van der Waals surface area (Å²) in [5, 5.41) is 2.94. The highest BCUT2D eigenvalue weighted by molar-refractivity contribution is 5.88. The first kappa shape index (κ1) is 20.7. The van der Waals surface area contributed by atoms with E-state index in [4.69, 9.17) is 0 Å². The quantitative estimate of drug-likeness (QED) is 0.685. The van der Waals surface area contributed by atoms with E-state index in [0.29, 0.717) is 19.5 Å². The minimum absolute atomic E-state index is 0.0417. The minimum Gasteiger partial charge on any atom is -0.354 e. The van der Waals surface area contributed by atoms with Crippen molar-refractivity contribution in [2.24, 2.45) is 0 Å². The summed E-state index contributed by atoms with van der Waals surface area (Å²) < 4.78 is 0. The van der Waals surface area contributed by atoms with Crippen molar-refractivity contribution < 1.29 is 9.59 Å². The van der Waals surface area contributed by atoms with Crippen LogP contribution in [0, 0.1) is 6.92 Å². The molecular formula is C23H30N2O2. The van der Waals surface area contributed by atoms with Crippen LogP contribution in [0.3, 0.4) is 0 Å². The molecular weight excluding hydrogens is 336 g/mol. The second kappa shape index (κ2) is 10.5. The van der Waals surface area contributed by atoms with Gasteiger partial charge in [0.25, 0.3) is 0 Å². The van der Waals surface area contributed by atoms with Crippen LogP contribution in [0.2, 0.25) is 0 Å². The Hall–Kier alpha value is -2.62. The van der Waals surface area contributed by atoms with Crippen LogP contribution < -0.4 is 5.32 Å². The summed E-state index contributed by atoms with van der Waals surface area (Å²) in [5.41, 5.74) is 3.15. The number of amides is 2. The van der Waals surface area contributed by atoms with Crippen LogP contribution in [-0.4, -0.2) is 29.3 Å². The third-order valence-corrected chi connectivity index (χ3v) is 4.67. The number of nitrogens with one attached hydrogen (secondary N) is 1. The number of benzene rings is 2. The van der Waals surface area contributed by atoms with Crippen molar-refractivity contribution in [2.45, 2.75) is 52.6 Å². The highest BCUT2D eigenvalue weighted by Gasteiger charge is 2.25. The summed E-state index contributed by atoms with van der Waals surface area (Å²) in [6.45, 7) is 6.99. The van der Waals surface area contributed by atoms with Crippen molar-refractivity contribution in [1.82, 2.24) is 10.2 Å². The SMILES string of the molecule is CCCCNC(=O)C(C)N(Cc1ccc(C)cc1)C(=O)Cc1ccccc1. The van der Waals surface area contributed by atoms with Gasteiger partial charge in [0.1, 0.15) is 6.04 Å². The van der Waals surface area contributed by atoms with Gasteiger partial charge in [0.2, 0.25) is 11.8 Å². The number of rotatable bonds is 9. The summed E-state index contributed by atoms with van der Waals surface area (Å²) in [5.74, 6) is -0.142. The molecule has 27 heavy (non-hydrogen) atoms. The molecule has 0 saturated carbocycles. The Labute approximate surface area is 162 Å². The average Bonchev–Trinajstić information content (AvgIpc) is 2.67. The zero-order chi connectivity index (χ0) is 19.6. The lowest BCUT2D eigenvalue weighted by molar-refractivity contribution is -0.140. The zero-order valence-electron chi connectivity index (χ0n) is 16.6. The number of hydrogen-bond acceptors (Lipinski definition) is 2. The molecule has 0 aliphatic rings. The van der Waals surface area contributed by atoms with Gasteiger partial charge < -0.3 is 10.2 Å². The lowest BCUT2D eigenvalue weighted by Gasteiger charge is -2.29. The fourth-order valence-electron chi connectivity index (χ4n) is 2.88. The van der Waals surface area contributed by atoms with Crippen LogP contribution >= 0.6 is 0 Å². The molecule has 0 fully saturated rings. The summed E-state index contributed by atoms with van der Waals surface area (Å²) in [4.78, 5) is 27.2. The molecule has 2 aromatic rings. The third kappa shape index (κ3) is 6.55. The van der Waals surface area contributed by atoms with E-state index < -0.39 is 6.04 Å². The third-order valence-electron chi connectivity index (χ3n) is 4.67. The van der Waals surface area contributed by atoms with Crippen molar-refractivity contribution >= 4 is 11.8 Å².